The number of nitrogens with one attached hydrogen (secondary N) is 1. The molecule has 0 spiro atoms. The molecule has 0 amide bonds. The molecule has 0 saturated carbocycles. The van der Waals surface area contributed by atoms with Gasteiger partial charge in [0.1, 0.15) is 5.82 Å². The van der Waals surface area contributed by atoms with Crippen molar-refractivity contribution in [1.29, 1.82) is 0 Å². The monoisotopic (exact) mass is 271 g/mol. The van der Waals surface area contributed by atoms with Gasteiger partial charge in [-0.05, 0) is 19.0 Å². The maximum absolute atomic E-state index is 14.0. The van der Waals surface area contributed by atoms with Gasteiger partial charge in [0.05, 0.1) is 5.02 Å². The van der Waals surface area contributed by atoms with E-state index >= 15 is 0 Å². The van der Waals surface area contributed by atoms with Gasteiger partial charge >= 0.3 is 0 Å². The molecule has 0 aromatic heterocycles. The molecule has 1 aromatic carbocycles. The number of unbranched alkanes of at least 4 members (excludes halogenated alkanes) is 3. The van der Waals surface area contributed by atoms with E-state index in [1.165, 1.54) is 19.3 Å². The summed E-state index contributed by atoms with van der Waals surface area (Å²) in [6, 6.07) is 5.32. The molecule has 1 nitrogen and oxygen atoms in total. The largest absolute Gasteiger partial charge is 0.310 e. The molecule has 1 N–H and O–H groups in total. The SMILES string of the molecule is CCCCCCC(NCC)c1cccc(Cl)c1F. The minimum atomic E-state index is -0.277. The van der Waals surface area contributed by atoms with E-state index < -0.39 is 0 Å². The minimum Gasteiger partial charge on any atom is -0.310 e. The molecular formula is C15H23ClFN. The summed E-state index contributed by atoms with van der Waals surface area (Å²) < 4.78 is 14.0. The molecule has 3 heteroatoms. The van der Waals surface area contributed by atoms with E-state index in [2.05, 4.69) is 12.2 Å². The van der Waals surface area contributed by atoms with Crippen LogP contribution < -0.4 is 5.32 Å². The fourth-order valence-corrected chi connectivity index (χ4v) is 2.36. The summed E-state index contributed by atoms with van der Waals surface area (Å²) in [5.41, 5.74) is 0.695. The van der Waals surface area contributed by atoms with Gasteiger partial charge in [-0.3, -0.25) is 0 Å². The number of hydrogen-bond acceptors (Lipinski definition) is 1. The smallest absolute Gasteiger partial charge is 0.146 e. The van der Waals surface area contributed by atoms with E-state index in [9.17, 15) is 4.39 Å². The van der Waals surface area contributed by atoms with Gasteiger partial charge in [-0.2, -0.15) is 0 Å². The first-order chi connectivity index (χ1) is 8.70. The molecule has 0 aliphatic carbocycles. The van der Waals surface area contributed by atoms with Crippen molar-refractivity contribution in [1.82, 2.24) is 5.32 Å². The topological polar surface area (TPSA) is 12.0 Å². The summed E-state index contributed by atoms with van der Waals surface area (Å²) in [5.74, 6) is -0.277. The predicted molar refractivity (Wildman–Crippen MR) is 76.6 cm³/mol. The van der Waals surface area contributed by atoms with Gasteiger partial charge in [0.25, 0.3) is 0 Å². The summed E-state index contributed by atoms with van der Waals surface area (Å²) in [7, 11) is 0. The van der Waals surface area contributed by atoms with Crippen molar-refractivity contribution in [3.05, 3.63) is 34.6 Å². The van der Waals surface area contributed by atoms with Crippen molar-refractivity contribution in [2.24, 2.45) is 0 Å². The Kier molecular flexibility index (Phi) is 7.29. The van der Waals surface area contributed by atoms with E-state index in [0.29, 0.717) is 5.56 Å². The van der Waals surface area contributed by atoms with E-state index in [4.69, 9.17) is 11.6 Å². The van der Waals surface area contributed by atoms with Crippen LogP contribution in [0.1, 0.15) is 57.6 Å². The van der Waals surface area contributed by atoms with Gasteiger partial charge < -0.3 is 5.32 Å². The molecule has 0 heterocycles. The quantitative estimate of drug-likeness (QED) is 0.649. The van der Waals surface area contributed by atoms with Gasteiger partial charge in [0.2, 0.25) is 0 Å². The second-order valence-corrected chi connectivity index (χ2v) is 5.01. The first kappa shape index (κ1) is 15.5. The highest BCUT2D eigenvalue weighted by Gasteiger charge is 2.16. The molecule has 102 valence electrons. The van der Waals surface area contributed by atoms with Crippen LogP contribution in [0.4, 0.5) is 4.39 Å². The van der Waals surface area contributed by atoms with Gasteiger partial charge in [0, 0.05) is 11.6 Å². The normalized spacial score (nSPS) is 12.7. The molecule has 1 aromatic rings. The molecule has 1 unspecified atom stereocenters. The Labute approximate surface area is 115 Å². The third-order valence-corrected chi connectivity index (χ3v) is 3.45. The molecule has 18 heavy (non-hydrogen) atoms. The van der Waals surface area contributed by atoms with Gasteiger partial charge in [0.15, 0.2) is 0 Å². The summed E-state index contributed by atoms with van der Waals surface area (Å²) in [6.07, 6.45) is 5.76. The van der Waals surface area contributed by atoms with Crippen molar-refractivity contribution < 1.29 is 4.39 Å². The Morgan fingerprint density at radius 1 is 1.22 bits per heavy atom. The third-order valence-electron chi connectivity index (χ3n) is 3.15. The van der Waals surface area contributed by atoms with Crippen LogP contribution in [0.2, 0.25) is 5.02 Å². The van der Waals surface area contributed by atoms with E-state index in [0.717, 1.165) is 19.4 Å². The molecule has 0 aliphatic heterocycles. The molecule has 1 rings (SSSR count). The van der Waals surface area contributed by atoms with Crippen LogP contribution >= 0.6 is 11.6 Å². The van der Waals surface area contributed by atoms with Crippen molar-refractivity contribution in [2.45, 2.75) is 52.0 Å². The molecular weight excluding hydrogens is 249 g/mol. The first-order valence-corrected chi connectivity index (χ1v) is 7.25. The maximum Gasteiger partial charge on any atom is 0.146 e. The fourth-order valence-electron chi connectivity index (χ4n) is 2.18. The number of hydrogen-bond donors (Lipinski definition) is 1. The van der Waals surface area contributed by atoms with Crippen molar-refractivity contribution in [3.8, 4) is 0 Å². The van der Waals surface area contributed by atoms with Crippen molar-refractivity contribution in [2.75, 3.05) is 6.54 Å². The molecule has 0 saturated heterocycles. The summed E-state index contributed by atoms with van der Waals surface area (Å²) in [6.45, 7) is 5.07. The lowest BCUT2D eigenvalue weighted by atomic mass is 9.99. The van der Waals surface area contributed by atoms with Crippen LogP contribution in [-0.2, 0) is 0 Å². The van der Waals surface area contributed by atoms with E-state index in [1.54, 1.807) is 6.07 Å². The average molecular weight is 272 g/mol. The molecule has 0 aliphatic rings. The Balaban J connectivity index is 2.68. The van der Waals surface area contributed by atoms with Crippen LogP contribution in [0, 0.1) is 5.82 Å². The third kappa shape index (κ3) is 4.58. The maximum atomic E-state index is 14.0. The second kappa shape index (κ2) is 8.49. The molecule has 0 radical (unpaired) electrons. The van der Waals surface area contributed by atoms with Gasteiger partial charge in [-0.15, -0.1) is 0 Å². The second-order valence-electron chi connectivity index (χ2n) is 4.60. The van der Waals surface area contributed by atoms with Crippen molar-refractivity contribution >= 4 is 11.6 Å². The lowest BCUT2D eigenvalue weighted by Gasteiger charge is -2.19. The highest BCUT2D eigenvalue weighted by molar-refractivity contribution is 6.30. The first-order valence-electron chi connectivity index (χ1n) is 6.88. The predicted octanol–water partition coefficient (Wildman–Crippen LogP) is 5.10. The Morgan fingerprint density at radius 2 is 2.00 bits per heavy atom. The van der Waals surface area contributed by atoms with Crippen LogP contribution in [0.15, 0.2) is 18.2 Å². The molecule has 0 bridgehead atoms. The summed E-state index contributed by atoms with van der Waals surface area (Å²) in [4.78, 5) is 0. The highest BCUT2D eigenvalue weighted by atomic mass is 35.5. The standard InChI is InChI=1S/C15H23ClFN/c1-3-5-6-7-11-14(18-4-2)12-9-8-10-13(16)15(12)17/h8-10,14,18H,3-7,11H2,1-2H3. The summed E-state index contributed by atoms with van der Waals surface area (Å²) in [5, 5.41) is 3.56. The van der Waals surface area contributed by atoms with Gasteiger partial charge in [-0.1, -0.05) is 63.3 Å². The van der Waals surface area contributed by atoms with Gasteiger partial charge in [-0.25, -0.2) is 4.39 Å². The molecule has 0 fully saturated rings. The van der Waals surface area contributed by atoms with E-state index in [-0.39, 0.29) is 16.9 Å². The van der Waals surface area contributed by atoms with E-state index in [1.807, 2.05) is 19.1 Å². The van der Waals surface area contributed by atoms with Crippen LogP contribution in [0.25, 0.3) is 0 Å². The van der Waals surface area contributed by atoms with Crippen LogP contribution in [0.3, 0.4) is 0 Å². The Hall–Kier alpha value is -0.600. The van der Waals surface area contributed by atoms with Crippen LogP contribution in [-0.4, -0.2) is 6.54 Å². The fraction of sp³-hybridized carbons (Fsp3) is 0.600. The zero-order chi connectivity index (χ0) is 13.4. The highest BCUT2D eigenvalue weighted by Crippen LogP contribution is 2.26. The number of rotatable bonds is 8. The molecule has 1 atom stereocenters. The van der Waals surface area contributed by atoms with Crippen molar-refractivity contribution in [3.63, 3.8) is 0 Å². The minimum absolute atomic E-state index is 0.0746. The summed E-state index contributed by atoms with van der Waals surface area (Å²) >= 11 is 5.84. The number of benzene rings is 1. The average Bonchev–Trinajstić information content (AvgIpc) is 2.37. The lowest BCUT2D eigenvalue weighted by Crippen LogP contribution is -2.22. The van der Waals surface area contributed by atoms with Crippen LogP contribution in [0.5, 0.6) is 0 Å². The zero-order valence-electron chi connectivity index (χ0n) is 11.3. The Bertz CT molecular complexity index is 354. The lowest BCUT2D eigenvalue weighted by molar-refractivity contribution is 0.461. The Morgan fingerprint density at radius 3 is 2.67 bits per heavy atom. The zero-order valence-corrected chi connectivity index (χ0v) is 12.1. The number of halogens is 2.